The van der Waals surface area contributed by atoms with Crippen molar-refractivity contribution < 1.29 is 19.4 Å². The fourth-order valence-electron chi connectivity index (χ4n) is 2.22. The molecular weight excluding hydrogens is 242 g/mol. The van der Waals surface area contributed by atoms with E-state index in [2.05, 4.69) is 6.92 Å². The van der Waals surface area contributed by atoms with Crippen molar-refractivity contribution in [3.63, 3.8) is 0 Å². The monoisotopic (exact) mass is 259 g/mol. The van der Waals surface area contributed by atoms with Crippen molar-refractivity contribution in [2.45, 2.75) is 37.2 Å². The van der Waals surface area contributed by atoms with Crippen molar-refractivity contribution in [1.82, 2.24) is 4.90 Å². The average molecular weight is 259 g/mol. The van der Waals surface area contributed by atoms with Gasteiger partial charge in [0.15, 0.2) is 6.10 Å². The molecule has 3 atom stereocenters. The fourth-order valence-corrected chi connectivity index (χ4v) is 3.24. The SMILES string of the molecule is CC1CN(C(=O)[C@@H]2CC[C@H](C(=O)O)O2)CCS1. The van der Waals surface area contributed by atoms with Crippen molar-refractivity contribution >= 4 is 23.6 Å². The molecule has 0 aromatic rings. The zero-order chi connectivity index (χ0) is 12.4. The minimum Gasteiger partial charge on any atom is -0.479 e. The van der Waals surface area contributed by atoms with Crippen LogP contribution in [0.1, 0.15) is 19.8 Å². The van der Waals surface area contributed by atoms with Gasteiger partial charge in [0.1, 0.15) is 6.10 Å². The molecule has 0 saturated carbocycles. The van der Waals surface area contributed by atoms with Gasteiger partial charge in [-0.3, -0.25) is 4.79 Å². The Morgan fingerprint density at radius 1 is 1.35 bits per heavy atom. The molecule has 0 aliphatic carbocycles. The lowest BCUT2D eigenvalue weighted by atomic mass is 10.1. The number of rotatable bonds is 2. The second-order valence-electron chi connectivity index (χ2n) is 4.49. The van der Waals surface area contributed by atoms with E-state index in [0.717, 1.165) is 18.8 Å². The van der Waals surface area contributed by atoms with Crippen LogP contribution < -0.4 is 0 Å². The molecule has 2 saturated heterocycles. The number of hydrogen-bond acceptors (Lipinski definition) is 4. The number of hydrogen-bond donors (Lipinski definition) is 1. The zero-order valence-electron chi connectivity index (χ0n) is 9.80. The van der Waals surface area contributed by atoms with Gasteiger partial charge >= 0.3 is 5.97 Å². The van der Waals surface area contributed by atoms with Gasteiger partial charge in [0.25, 0.3) is 5.91 Å². The predicted molar refractivity (Wildman–Crippen MR) is 64.0 cm³/mol. The summed E-state index contributed by atoms with van der Waals surface area (Å²) >= 11 is 1.86. The quantitative estimate of drug-likeness (QED) is 0.786. The summed E-state index contributed by atoms with van der Waals surface area (Å²) < 4.78 is 5.28. The summed E-state index contributed by atoms with van der Waals surface area (Å²) in [6, 6.07) is 0. The number of carbonyl (C=O) groups excluding carboxylic acids is 1. The van der Waals surface area contributed by atoms with Gasteiger partial charge in [-0.1, -0.05) is 6.92 Å². The number of aliphatic carboxylic acids is 1. The highest BCUT2D eigenvalue weighted by Crippen LogP contribution is 2.24. The van der Waals surface area contributed by atoms with Crippen LogP contribution >= 0.6 is 11.8 Å². The van der Waals surface area contributed by atoms with E-state index >= 15 is 0 Å². The molecule has 96 valence electrons. The van der Waals surface area contributed by atoms with Crippen LogP contribution in [0.2, 0.25) is 0 Å². The van der Waals surface area contributed by atoms with Gasteiger partial charge in [0, 0.05) is 24.1 Å². The van der Waals surface area contributed by atoms with E-state index in [0.29, 0.717) is 18.1 Å². The molecule has 2 heterocycles. The summed E-state index contributed by atoms with van der Waals surface area (Å²) in [5, 5.41) is 9.26. The second-order valence-corrected chi connectivity index (χ2v) is 6.04. The molecule has 1 amide bonds. The van der Waals surface area contributed by atoms with Crippen molar-refractivity contribution in [3.05, 3.63) is 0 Å². The van der Waals surface area contributed by atoms with E-state index in [9.17, 15) is 9.59 Å². The largest absolute Gasteiger partial charge is 0.479 e. The van der Waals surface area contributed by atoms with Crippen molar-refractivity contribution in [3.8, 4) is 0 Å². The van der Waals surface area contributed by atoms with Crippen LogP contribution in [0.15, 0.2) is 0 Å². The molecule has 0 aromatic heterocycles. The first-order valence-corrected chi connectivity index (χ1v) is 6.91. The molecule has 2 fully saturated rings. The first kappa shape index (κ1) is 12.7. The molecule has 2 rings (SSSR count). The van der Waals surface area contributed by atoms with Crippen LogP contribution in [0.25, 0.3) is 0 Å². The minimum absolute atomic E-state index is 0.0408. The summed E-state index contributed by atoms with van der Waals surface area (Å²) in [5.41, 5.74) is 0. The molecule has 1 N–H and O–H groups in total. The number of amides is 1. The molecule has 17 heavy (non-hydrogen) atoms. The molecule has 6 heteroatoms. The normalized spacial score (nSPS) is 33.7. The van der Waals surface area contributed by atoms with Gasteiger partial charge in [-0.25, -0.2) is 4.79 Å². The third-order valence-electron chi connectivity index (χ3n) is 3.12. The lowest BCUT2D eigenvalue weighted by Crippen LogP contribution is -2.46. The highest BCUT2D eigenvalue weighted by molar-refractivity contribution is 7.99. The van der Waals surface area contributed by atoms with Crippen molar-refractivity contribution in [1.29, 1.82) is 0 Å². The molecule has 5 nitrogen and oxygen atoms in total. The van der Waals surface area contributed by atoms with Crippen LogP contribution in [0.4, 0.5) is 0 Å². The number of carbonyl (C=O) groups is 2. The number of carboxylic acids is 1. The predicted octanol–water partition coefficient (Wildman–Crippen LogP) is 0.583. The number of ether oxygens (including phenoxy) is 1. The number of thioether (sulfide) groups is 1. The Morgan fingerprint density at radius 2 is 2.06 bits per heavy atom. The van der Waals surface area contributed by atoms with Crippen LogP contribution in [0, 0.1) is 0 Å². The van der Waals surface area contributed by atoms with E-state index in [1.807, 2.05) is 11.8 Å². The Labute approximate surface area is 104 Å². The molecule has 0 radical (unpaired) electrons. The summed E-state index contributed by atoms with van der Waals surface area (Å²) in [5.74, 6) is -0.0640. The van der Waals surface area contributed by atoms with E-state index in [1.54, 1.807) is 4.90 Å². The summed E-state index contributed by atoms with van der Waals surface area (Å²) in [4.78, 5) is 24.7. The highest BCUT2D eigenvalue weighted by atomic mass is 32.2. The first-order chi connectivity index (χ1) is 8.08. The van der Waals surface area contributed by atoms with Gasteiger partial charge in [-0.05, 0) is 12.8 Å². The van der Waals surface area contributed by atoms with Gasteiger partial charge < -0.3 is 14.7 Å². The van der Waals surface area contributed by atoms with Gasteiger partial charge in [-0.2, -0.15) is 11.8 Å². The summed E-state index contributed by atoms with van der Waals surface area (Å²) in [6.45, 7) is 3.58. The van der Waals surface area contributed by atoms with Crippen LogP contribution in [0.5, 0.6) is 0 Å². The Kier molecular flexibility index (Phi) is 3.93. The maximum atomic E-state index is 12.1. The molecule has 1 unspecified atom stereocenters. The van der Waals surface area contributed by atoms with E-state index in [-0.39, 0.29) is 5.91 Å². The van der Waals surface area contributed by atoms with Gasteiger partial charge in [-0.15, -0.1) is 0 Å². The minimum atomic E-state index is -0.970. The Hall–Kier alpha value is -0.750. The molecule has 0 bridgehead atoms. The van der Waals surface area contributed by atoms with Crippen LogP contribution in [0.3, 0.4) is 0 Å². The second kappa shape index (κ2) is 5.27. The molecule has 2 aliphatic rings. The molecule has 0 spiro atoms. The Bertz CT molecular complexity index is 323. The van der Waals surface area contributed by atoms with Gasteiger partial charge in [0.05, 0.1) is 0 Å². The maximum absolute atomic E-state index is 12.1. The zero-order valence-corrected chi connectivity index (χ0v) is 10.6. The third-order valence-corrected chi connectivity index (χ3v) is 4.26. The Morgan fingerprint density at radius 3 is 2.65 bits per heavy atom. The fraction of sp³-hybridized carbons (Fsp3) is 0.818. The Balaban J connectivity index is 1.90. The molecule has 0 aromatic carbocycles. The van der Waals surface area contributed by atoms with Crippen LogP contribution in [-0.4, -0.2) is 58.2 Å². The van der Waals surface area contributed by atoms with E-state index in [1.165, 1.54) is 0 Å². The average Bonchev–Trinajstić information content (AvgIpc) is 2.77. The first-order valence-electron chi connectivity index (χ1n) is 5.86. The maximum Gasteiger partial charge on any atom is 0.332 e. The standard InChI is InChI=1S/C11H17NO4S/c1-7-6-12(4-5-17-7)10(13)8-2-3-9(16-8)11(14)15/h7-9H,2-6H2,1H3,(H,14,15)/t7?,8-,9+/m0/s1. The molecular formula is C11H17NO4S. The van der Waals surface area contributed by atoms with Crippen molar-refractivity contribution in [2.24, 2.45) is 0 Å². The van der Waals surface area contributed by atoms with Crippen LogP contribution in [-0.2, 0) is 14.3 Å². The van der Waals surface area contributed by atoms with E-state index in [4.69, 9.17) is 9.84 Å². The van der Waals surface area contributed by atoms with Gasteiger partial charge in [0.2, 0.25) is 0 Å². The molecule has 2 aliphatic heterocycles. The topological polar surface area (TPSA) is 66.8 Å². The summed E-state index contributed by atoms with van der Waals surface area (Å²) in [6.07, 6.45) is -0.399. The number of carboxylic acid groups (broad SMARTS) is 1. The highest BCUT2D eigenvalue weighted by Gasteiger charge is 2.37. The third kappa shape index (κ3) is 2.93. The smallest absolute Gasteiger partial charge is 0.332 e. The lowest BCUT2D eigenvalue weighted by molar-refractivity contribution is -0.154. The summed E-state index contributed by atoms with van der Waals surface area (Å²) in [7, 11) is 0. The van der Waals surface area contributed by atoms with E-state index < -0.39 is 18.2 Å². The number of nitrogens with zero attached hydrogens (tertiary/aromatic N) is 1. The van der Waals surface area contributed by atoms with Crippen molar-refractivity contribution in [2.75, 3.05) is 18.8 Å². The lowest BCUT2D eigenvalue weighted by Gasteiger charge is -2.32.